The molecule has 34 heavy (non-hydrogen) atoms. The lowest BCUT2D eigenvalue weighted by Gasteiger charge is -2.36. The van der Waals surface area contributed by atoms with E-state index in [9.17, 15) is 19.5 Å². The molecule has 2 atom stereocenters. The third-order valence-electron chi connectivity index (χ3n) is 7.79. The van der Waals surface area contributed by atoms with Crippen molar-refractivity contribution in [1.29, 1.82) is 0 Å². The maximum Gasteiger partial charge on any atom is 0.265 e. The summed E-state index contributed by atoms with van der Waals surface area (Å²) >= 11 is 1.48. The zero-order valence-corrected chi connectivity index (χ0v) is 19.5. The van der Waals surface area contributed by atoms with Crippen LogP contribution < -0.4 is 5.56 Å². The van der Waals surface area contributed by atoms with Crippen molar-refractivity contribution >= 4 is 28.7 Å². The van der Waals surface area contributed by atoms with Gasteiger partial charge in [0.25, 0.3) is 5.56 Å². The molecule has 3 saturated carbocycles. The first-order valence-electron chi connectivity index (χ1n) is 11.9. The van der Waals surface area contributed by atoms with Gasteiger partial charge in [0.15, 0.2) is 23.2 Å². The first-order chi connectivity index (χ1) is 16.5. The zero-order valence-electron chi connectivity index (χ0n) is 18.7. The van der Waals surface area contributed by atoms with Crippen LogP contribution in [-0.2, 0) is 19.1 Å². The normalized spacial score (nSPS) is 26.5. The number of thiophene rings is 1. The van der Waals surface area contributed by atoms with Gasteiger partial charge in [-0.05, 0) is 43.6 Å². The van der Waals surface area contributed by atoms with Crippen molar-refractivity contribution in [2.75, 3.05) is 13.2 Å². The Balaban J connectivity index is 1.44. The number of aliphatic hydroxyl groups excluding tert-OH is 1. The van der Waals surface area contributed by atoms with E-state index in [-0.39, 0.29) is 40.6 Å². The molecule has 1 N–H and O–H groups in total. The average molecular weight is 483 g/mol. The predicted molar refractivity (Wildman–Crippen MR) is 124 cm³/mol. The fraction of sp³-hybridized carbons (Fsp3) is 0.520. The van der Waals surface area contributed by atoms with Crippen LogP contribution in [0, 0.1) is 11.8 Å². The van der Waals surface area contributed by atoms with Crippen LogP contribution in [-0.4, -0.2) is 45.2 Å². The zero-order chi connectivity index (χ0) is 23.4. The molecular weight excluding hydrogens is 456 g/mol. The fourth-order valence-corrected chi connectivity index (χ4v) is 6.72. The first kappa shape index (κ1) is 21.9. The Morgan fingerprint density at radius 2 is 1.74 bits per heavy atom. The van der Waals surface area contributed by atoms with Crippen LogP contribution in [0.2, 0.25) is 0 Å². The lowest BCUT2D eigenvalue weighted by atomic mass is 9.81. The summed E-state index contributed by atoms with van der Waals surface area (Å²) in [6.07, 6.45) is 5.78. The number of fused-ring (bicyclic) bond motifs is 2. The van der Waals surface area contributed by atoms with Gasteiger partial charge in [0, 0.05) is 36.9 Å². The van der Waals surface area contributed by atoms with Gasteiger partial charge in [-0.2, -0.15) is 0 Å². The summed E-state index contributed by atoms with van der Waals surface area (Å²) in [4.78, 5) is 45.0. The number of ketones is 2. The molecule has 1 saturated heterocycles. The summed E-state index contributed by atoms with van der Waals surface area (Å²) < 4.78 is 13.3. The predicted octanol–water partition coefficient (Wildman–Crippen LogP) is 3.67. The van der Waals surface area contributed by atoms with Crippen molar-refractivity contribution in [1.82, 2.24) is 9.55 Å². The number of aliphatic hydroxyl groups is 1. The van der Waals surface area contributed by atoms with Gasteiger partial charge >= 0.3 is 0 Å². The van der Waals surface area contributed by atoms with Crippen molar-refractivity contribution in [2.45, 2.75) is 56.8 Å². The average Bonchev–Trinajstić information content (AvgIpc) is 3.61. The van der Waals surface area contributed by atoms with Crippen LogP contribution in [0.5, 0.6) is 0 Å². The van der Waals surface area contributed by atoms with E-state index in [2.05, 4.69) is 4.98 Å². The van der Waals surface area contributed by atoms with Crippen LogP contribution in [0.4, 0.5) is 0 Å². The van der Waals surface area contributed by atoms with Crippen LogP contribution in [0.1, 0.15) is 56.6 Å². The van der Waals surface area contributed by atoms with E-state index in [1.54, 1.807) is 4.57 Å². The summed E-state index contributed by atoms with van der Waals surface area (Å²) in [5.74, 6) is -1.76. The fourth-order valence-electron chi connectivity index (χ4n) is 6.00. The third kappa shape index (κ3) is 3.40. The molecule has 4 fully saturated rings. The Kier molecular flexibility index (Phi) is 5.31. The van der Waals surface area contributed by atoms with E-state index in [1.165, 1.54) is 17.5 Å². The van der Waals surface area contributed by atoms with Gasteiger partial charge in [0.1, 0.15) is 16.9 Å². The monoisotopic (exact) mass is 482 g/mol. The Labute approximate surface area is 200 Å². The summed E-state index contributed by atoms with van der Waals surface area (Å²) in [7, 11) is 0. The van der Waals surface area contributed by atoms with E-state index >= 15 is 0 Å². The summed E-state index contributed by atoms with van der Waals surface area (Å²) in [6.45, 7) is 1.15. The van der Waals surface area contributed by atoms with Gasteiger partial charge in [-0.1, -0.05) is 6.07 Å². The van der Waals surface area contributed by atoms with Crippen molar-refractivity contribution in [3.05, 3.63) is 45.2 Å². The second-order valence-electron chi connectivity index (χ2n) is 9.65. The Bertz CT molecular complexity index is 1210. The quantitative estimate of drug-likeness (QED) is 0.404. The van der Waals surface area contributed by atoms with Crippen LogP contribution in [0.25, 0.3) is 16.5 Å². The van der Waals surface area contributed by atoms with E-state index in [0.717, 1.165) is 4.88 Å². The molecule has 3 heterocycles. The van der Waals surface area contributed by atoms with E-state index in [1.807, 2.05) is 17.5 Å². The second kappa shape index (κ2) is 8.25. The standard InChI is InChI=1S/C25H26N2O6S/c28-20-14-3-4-15(12-14)21(29)19(20)22(30)17-13-26-23(18-2-1-11-34-18)27(24(17)31)16-5-7-25(8-6-16)32-9-10-33-25/h1-2,11,13-16,30H,3-10,12H2. The Morgan fingerprint density at radius 1 is 1.06 bits per heavy atom. The highest BCUT2D eigenvalue weighted by atomic mass is 32.1. The molecule has 4 aliphatic rings. The SMILES string of the molecule is O=C1C(=C(O)c2cnc(-c3cccs3)n(C3CCC4(CC3)OCCO4)c2=O)C(=O)C2CCC1C2. The number of aromatic nitrogens is 2. The molecule has 6 rings (SSSR count). The lowest BCUT2D eigenvalue weighted by molar-refractivity contribution is -0.181. The second-order valence-corrected chi connectivity index (χ2v) is 10.6. The molecule has 0 radical (unpaired) electrons. The molecule has 0 aromatic carbocycles. The van der Waals surface area contributed by atoms with E-state index in [0.29, 0.717) is 64.0 Å². The molecule has 178 valence electrons. The van der Waals surface area contributed by atoms with Crippen molar-refractivity contribution in [3.63, 3.8) is 0 Å². The minimum Gasteiger partial charge on any atom is -0.506 e. The smallest absolute Gasteiger partial charge is 0.265 e. The highest BCUT2D eigenvalue weighted by Crippen LogP contribution is 2.43. The molecular formula is C25H26N2O6S. The largest absolute Gasteiger partial charge is 0.506 e. The molecule has 0 amide bonds. The Morgan fingerprint density at radius 3 is 2.35 bits per heavy atom. The van der Waals surface area contributed by atoms with Gasteiger partial charge in [0.2, 0.25) is 0 Å². The molecule has 3 aliphatic carbocycles. The minimum absolute atomic E-state index is 0.0908. The first-order valence-corrected chi connectivity index (χ1v) is 12.8. The molecule has 8 nitrogen and oxygen atoms in total. The number of carbonyl (C=O) groups is 2. The summed E-state index contributed by atoms with van der Waals surface area (Å²) in [6, 6.07) is 3.64. The van der Waals surface area contributed by atoms with Gasteiger partial charge in [-0.15, -0.1) is 11.3 Å². The number of rotatable bonds is 3. The number of ether oxygens (including phenoxy) is 2. The minimum atomic E-state index is -0.571. The van der Waals surface area contributed by atoms with Crippen LogP contribution in [0.3, 0.4) is 0 Å². The van der Waals surface area contributed by atoms with Gasteiger partial charge in [-0.3, -0.25) is 19.0 Å². The molecule has 2 unspecified atom stereocenters. The molecule has 1 aliphatic heterocycles. The molecule has 1 spiro atoms. The number of hydrogen-bond acceptors (Lipinski definition) is 8. The molecule has 9 heteroatoms. The third-order valence-corrected chi connectivity index (χ3v) is 8.66. The number of allylic oxidation sites excluding steroid dienone is 1. The topological polar surface area (TPSA) is 108 Å². The highest BCUT2D eigenvalue weighted by molar-refractivity contribution is 7.13. The van der Waals surface area contributed by atoms with E-state index in [4.69, 9.17) is 9.47 Å². The highest BCUT2D eigenvalue weighted by Gasteiger charge is 2.46. The molecule has 2 bridgehead atoms. The number of hydrogen-bond donors (Lipinski definition) is 1. The van der Waals surface area contributed by atoms with E-state index < -0.39 is 17.1 Å². The molecule has 2 aromatic rings. The number of Topliss-reactive ketones (excluding diaryl/α,β-unsaturated/α-hetero) is 2. The Hall–Kier alpha value is -2.62. The maximum absolute atomic E-state index is 13.8. The van der Waals surface area contributed by atoms with Crippen LogP contribution in [0.15, 0.2) is 34.1 Å². The van der Waals surface area contributed by atoms with Gasteiger partial charge in [0.05, 0.1) is 18.1 Å². The maximum atomic E-state index is 13.8. The van der Waals surface area contributed by atoms with Crippen LogP contribution >= 0.6 is 11.3 Å². The molecule has 2 aromatic heterocycles. The number of nitrogens with zero attached hydrogens (tertiary/aromatic N) is 2. The lowest BCUT2D eigenvalue weighted by Crippen LogP contribution is -2.39. The van der Waals surface area contributed by atoms with Gasteiger partial charge in [-0.25, -0.2) is 4.98 Å². The summed E-state index contributed by atoms with van der Waals surface area (Å²) in [5, 5.41) is 13.0. The van der Waals surface area contributed by atoms with Gasteiger partial charge < -0.3 is 14.6 Å². The number of carbonyl (C=O) groups excluding carboxylic acids is 2. The summed E-state index contributed by atoms with van der Waals surface area (Å²) in [5.41, 5.74) is -0.744. The van der Waals surface area contributed by atoms with Crippen molar-refractivity contribution < 1.29 is 24.2 Å². The van der Waals surface area contributed by atoms with Crippen molar-refractivity contribution in [3.8, 4) is 10.7 Å². The van der Waals surface area contributed by atoms with Crippen molar-refractivity contribution in [2.24, 2.45) is 11.8 Å².